The van der Waals surface area contributed by atoms with Crippen molar-refractivity contribution in [1.82, 2.24) is 25.2 Å². The number of fused-ring (bicyclic) bond motifs is 1. The topological polar surface area (TPSA) is 93.8 Å². The average Bonchev–Trinajstić information content (AvgIpc) is 3.03. The standard InChI is InChI=1S/C13H13N5O2S2/c1-13(2,3)18-11(15-16-17-18)22-12-14-8-5-4-7(10(19)20)6-9(8)21-12/h4-6H,1-3H3,(H,19,20). The molecule has 0 aliphatic heterocycles. The maximum absolute atomic E-state index is 11.0. The van der Waals surface area contributed by atoms with Crippen LogP contribution in [0.25, 0.3) is 10.2 Å². The molecule has 0 spiro atoms. The Balaban J connectivity index is 1.95. The van der Waals surface area contributed by atoms with Gasteiger partial charge in [0.05, 0.1) is 21.3 Å². The molecule has 0 bridgehead atoms. The summed E-state index contributed by atoms with van der Waals surface area (Å²) in [4.78, 5) is 15.5. The summed E-state index contributed by atoms with van der Waals surface area (Å²) in [5.41, 5.74) is 0.804. The van der Waals surface area contributed by atoms with Gasteiger partial charge in [-0.2, -0.15) is 0 Å². The van der Waals surface area contributed by atoms with Gasteiger partial charge in [0.25, 0.3) is 0 Å². The largest absolute Gasteiger partial charge is 0.478 e. The fourth-order valence-corrected chi connectivity index (χ4v) is 3.99. The third-order valence-electron chi connectivity index (χ3n) is 2.87. The van der Waals surface area contributed by atoms with E-state index in [1.54, 1.807) is 22.9 Å². The summed E-state index contributed by atoms with van der Waals surface area (Å²) < 4.78 is 3.35. The van der Waals surface area contributed by atoms with Gasteiger partial charge >= 0.3 is 5.97 Å². The molecule has 0 amide bonds. The van der Waals surface area contributed by atoms with Crippen LogP contribution in [0.2, 0.25) is 0 Å². The molecule has 0 unspecified atom stereocenters. The fraction of sp³-hybridized carbons (Fsp3) is 0.308. The maximum Gasteiger partial charge on any atom is 0.335 e. The van der Waals surface area contributed by atoms with Crippen molar-refractivity contribution in [2.75, 3.05) is 0 Å². The highest BCUT2D eigenvalue weighted by molar-refractivity contribution is 8.01. The van der Waals surface area contributed by atoms with E-state index in [0.717, 1.165) is 14.6 Å². The van der Waals surface area contributed by atoms with Crippen LogP contribution in [0, 0.1) is 0 Å². The maximum atomic E-state index is 11.0. The number of carbonyl (C=O) groups is 1. The zero-order valence-corrected chi connectivity index (χ0v) is 13.8. The highest BCUT2D eigenvalue weighted by Crippen LogP contribution is 2.34. The van der Waals surface area contributed by atoms with E-state index in [4.69, 9.17) is 5.11 Å². The second-order valence-electron chi connectivity index (χ2n) is 5.61. The van der Waals surface area contributed by atoms with Gasteiger partial charge in [-0.15, -0.1) is 16.4 Å². The molecule has 0 atom stereocenters. The Morgan fingerprint density at radius 1 is 1.36 bits per heavy atom. The molecule has 3 rings (SSSR count). The van der Waals surface area contributed by atoms with Crippen LogP contribution in [0.1, 0.15) is 31.1 Å². The monoisotopic (exact) mass is 335 g/mol. The van der Waals surface area contributed by atoms with Crippen LogP contribution in [0.5, 0.6) is 0 Å². The minimum atomic E-state index is -0.943. The second kappa shape index (κ2) is 5.33. The van der Waals surface area contributed by atoms with E-state index in [9.17, 15) is 4.79 Å². The lowest BCUT2D eigenvalue weighted by Crippen LogP contribution is -2.24. The molecule has 114 valence electrons. The minimum absolute atomic E-state index is 0.223. The average molecular weight is 335 g/mol. The first-order valence-corrected chi connectivity index (χ1v) is 8.08. The molecule has 0 saturated heterocycles. The van der Waals surface area contributed by atoms with E-state index in [1.165, 1.54) is 23.1 Å². The van der Waals surface area contributed by atoms with Crippen LogP contribution in [0.4, 0.5) is 0 Å². The molecular formula is C13H13N5O2S2. The smallest absolute Gasteiger partial charge is 0.335 e. The Morgan fingerprint density at radius 3 is 2.82 bits per heavy atom. The normalized spacial score (nSPS) is 12.0. The van der Waals surface area contributed by atoms with E-state index in [0.29, 0.717) is 5.16 Å². The lowest BCUT2D eigenvalue weighted by Gasteiger charge is -2.18. The van der Waals surface area contributed by atoms with E-state index in [-0.39, 0.29) is 11.1 Å². The molecule has 2 aromatic heterocycles. The molecule has 9 heteroatoms. The highest BCUT2D eigenvalue weighted by atomic mass is 32.2. The van der Waals surface area contributed by atoms with Gasteiger partial charge in [-0.25, -0.2) is 14.5 Å². The number of nitrogens with zero attached hydrogens (tertiary/aromatic N) is 5. The summed E-state index contributed by atoms with van der Waals surface area (Å²) in [7, 11) is 0. The molecule has 0 saturated carbocycles. The van der Waals surface area contributed by atoms with Crippen LogP contribution in [-0.2, 0) is 5.54 Å². The first kappa shape index (κ1) is 14.9. The van der Waals surface area contributed by atoms with Gasteiger partial charge in [-0.3, -0.25) is 0 Å². The third-order valence-corrected chi connectivity index (χ3v) is 4.89. The zero-order chi connectivity index (χ0) is 15.9. The van der Waals surface area contributed by atoms with Gasteiger partial charge in [-0.05, 0) is 61.2 Å². The van der Waals surface area contributed by atoms with Gasteiger partial charge in [0.1, 0.15) is 0 Å². The SMILES string of the molecule is CC(C)(C)n1nnnc1Sc1nc2ccc(C(=O)O)cc2s1. The number of tetrazole rings is 1. The number of hydrogen-bond donors (Lipinski definition) is 1. The van der Waals surface area contributed by atoms with Crippen molar-refractivity contribution in [3.05, 3.63) is 23.8 Å². The molecule has 3 aromatic rings. The number of thiazole rings is 1. The van der Waals surface area contributed by atoms with Crippen LogP contribution < -0.4 is 0 Å². The van der Waals surface area contributed by atoms with Crippen LogP contribution in [-0.4, -0.2) is 36.3 Å². The second-order valence-corrected chi connectivity index (χ2v) is 7.86. The van der Waals surface area contributed by atoms with Gasteiger partial charge in [0, 0.05) is 0 Å². The van der Waals surface area contributed by atoms with Crippen molar-refractivity contribution >= 4 is 39.3 Å². The van der Waals surface area contributed by atoms with Crippen molar-refractivity contribution in [3.8, 4) is 0 Å². The van der Waals surface area contributed by atoms with E-state index in [2.05, 4.69) is 20.5 Å². The Labute approximate surface area is 134 Å². The van der Waals surface area contributed by atoms with Gasteiger partial charge in [0.15, 0.2) is 4.34 Å². The summed E-state index contributed by atoms with van der Waals surface area (Å²) >= 11 is 2.80. The van der Waals surface area contributed by atoms with Crippen molar-refractivity contribution in [1.29, 1.82) is 0 Å². The first-order valence-electron chi connectivity index (χ1n) is 6.45. The number of carboxylic acid groups (broad SMARTS) is 1. The van der Waals surface area contributed by atoms with E-state index in [1.807, 2.05) is 20.8 Å². The van der Waals surface area contributed by atoms with Crippen molar-refractivity contribution < 1.29 is 9.90 Å². The molecule has 1 aromatic carbocycles. The van der Waals surface area contributed by atoms with Crippen molar-refractivity contribution in [2.45, 2.75) is 35.8 Å². The summed E-state index contributed by atoms with van der Waals surface area (Å²) in [6.07, 6.45) is 0. The lowest BCUT2D eigenvalue weighted by atomic mass is 10.1. The Morgan fingerprint density at radius 2 is 2.14 bits per heavy atom. The number of carboxylic acids is 1. The summed E-state index contributed by atoms with van der Waals surface area (Å²) in [5.74, 6) is -0.943. The third kappa shape index (κ3) is 2.81. The van der Waals surface area contributed by atoms with Gasteiger partial charge in [0.2, 0.25) is 5.16 Å². The predicted molar refractivity (Wildman–Crippen MR) is 83.5 cm³/mol. The molecule has 0 fully saturated rings. The highest BCUT2D eigenvalue weighted by Gasteiger charge is 2.21. The molecule has 0 radical (unpaired) electrons. The lowest BCUT2D eigenvalue weighted by molar-refractivity contribution is 0.0697. The molecule has 0 aliphatic rings. The molecule has 1 N–H and O–H groups in total. The fourth-order valence-electron chi connectivity index (χ4n) is 1.82. The molecule has 7 nitrogen and oxygen atoms in total. The number of hydrogen-bond acceptors (Lipinski definition) is 7. The Hall–Kier alpha value is -2.00. The quantitative estimate of drug-likeness (QED) is 0.786. The number of aromatic carboxylic acids is 1. The first-order chi connectivity index (χ1) is 10.3. The summed E-state index contributed by atoms with van der Waals surface area (Å²) in [6, 6.07) is 4.90. The molecule has 22 heavy (non-hydrogen) atoms. The number of rotatable bonds is 3. The van der Waals surface area contributed by atoms with E-state index < -0.39 is 5.97 Å². The zero-order valence-electron chi connectivity index (χ0n) is 12.1. The van der Waals surface area contributed by atoms with Crippen molar-refractivity contribution in [3.63, 3.8) is 0 Å². The number of benzene rings is 1. The molecular weight excluding hydrogens is 322 g/mol. The van der Waals surface area contributed by atoms with Gasteiger partial charge < -0.3 is 5.11 Å². The molecule has 0 aliphatic carbocycles. The summed E-state index contributed by atoms with van der Waals surface area (Å²) in [6.45, 7) is 6.06. The molecule has 2 heterocycles. The minimum Gasteiger partial charge on any atom is -0.478 e. The van der Waals surface area contributed by atoms with Gasteiger partial charge in [-0.1, -0.05) is 0 Å². The Kier molecular flexibility index (Phi) is 3.61. The predicted octanol–water partition coefficient (Wildman–Crippen LogP) is 2.89. The number of aromatic nitrogens is 5. The summed E-state index contributed by atoms with van der Waals surface area (Å²) in [5, 5.41) is 21.4. The van der Waals surface area contributed by atoms with Crippen LogP contribution >= 0.6 is 23.1 Å². The Bertz CT molecular complexity index is 850. The van der Waals surface area contributed by atoms with Crippen LogP contribution in [0.15, 0.2) is 27.7 Å². The van der Waals surface area contributed by atoms with Crippen molar-refractivity contribution in [2.24, 2.45) is 0 Å². The van der Waals surface area contributed by atoms with E-state index >= 15 is 0 Å². The van der Waals surface area contributed by atoms with Crippen LogP contribution in [0.3, 0.4) is 0 Å².